The maximum Gasteiger partial charge on any atom is 0.211 e. The van der Waals surface area contributed by atoms with E-state index in [-0.39, 0.29) is 10.8 Å². The van der Waals surface area contributed by atoms with Gasteiger partial charge < -0.3 is 24.8 Å². The molecule has 3 aromatic rings. The first kappa shape index (κ1) is 27.7. The van der Waals surface area contributed by atoms with Crippen LogP contribution in [0.1, 0.15) is 19.8 Å². The summed E-state index contributed by atoms with van der Waals surface area (Å²) in [5.41, 5.74) is 1.67. The van der Waals surface area contributed by atoms with Crippen molar-refractivity contribution in [1.82, 2.24) is 14.9 Å². The number of hydrogen-bond acceptors (Lipinski definition) is 8. The number of carbonyl (C=O) groups excluding carboxylic acids is 1. The summed E-state index contributed by atoms with van der Waals surface area (Å²) in [7, 11) is 1.50. The molecule has 38 heavy (non-hydrogen) atoms. The van der Waals surface area contributed by atoms with Gasteiger partial charge in [0, 0.05) is 30.1 Å². The quantitative estimate of drug-likeness (QED) is 0.312. The Morgan fingerprint density at radius 2 is 2.05 bits per heavy atom. The summed E-state index contributed by atoms with van der Waals surface area (Å²) in [5, 5.41) is 6.29. The summed E-state index contributed by atoms with van der Waals surface area (Å²) in [4.78, 5) is 21.5. The maximum absolute atomic E-state index is 13.3. The van der Waals surface area contributed by atoms with Gasteiger partial charge in [-0.2, -0.15) is 0 Å². The molecular weight excluding hydrogens is 513 g/mol. The topological polar surface area (TPSA) is 97.8 Å². The van der Waals surface area contributed by atoms with Crippen LogP contribution in [0.4, 0.5) is 21.6 Å². The number of nitrogens with one attached hydrogen (secondary N) is 2. The molecule has 1 spiro atoms. The molecule has 2 N–H and O–H groups in total. The number of nitrogens with zero attached hydrogens (tertiary/aromatic N) is 3. The number of carbonyl (C=O) groups is 1. The van der Waals surface area contributed by atoms with Crippen LogP contribution in [0.15, 0.2) is 48.8 Å². The fraction of sp³-hybridized carbons (Fsp3) is 0.370. The normalized spacial score (nSPS) is 16.8. The average Bonchev–Trinajstić information content (AvgIpc) is 3.37. The number of halogens is 2. The number of aromatic nitrogens is 2. The molecule has 2 aliphatic heterocycles. The highest BCUT2D eigenvalue weighted by Gasteiger charge is 2.40. The highest BCUT2D eigenvalue weighted by molar-refractivity contribution is 6.31. The SMILES string of the molecule is C/C=C/CN1CCCC2(C1)OCCO2.COc1cc2ncnc(Nc3ccc(F)c(Cl)c3)c2cc1NC=O. The number of rotatable bonds is 7. The van der Waals surface area contributed by atoms with Crippen molar-refractivity contribution < 1.29 is 23.4 Å². The van der Waals surface area contributed by atoms with Crippen molar-refractivity contribution in [3.8, 4) is 5.75 Å². The van der Waals surface area contributed by atoms with E-state index in [0.29, 0.717) is 40.3 Å². The standard InChI is InChI=1S/C16H12ClFN4O2.C11H19NO2/c1-24-15-6-13-10(5-14(15)21-8-23)16(20-7-19-13)22-9-2-3-12(18)11(17)4-9;1-2-3-6-12-7-4-5-11(10-12)13-8-9-14-11/h2-8H,1H3,(H,21,23)(H,19,20,22);2-3H,4-10H2,1H3/b;3-2+. The van der Waals surface area contributed by atoms with E-state index < -0.39 is 5.82 Å². The minimum absolute atomic E-state index is 0.00309. The van der Waals surface area contributed by atoms with Crippen molar-refractivity contribution in [3.05, 3.63) is 59.7 Å². The number of anilines is 3. The van der Waals surface area contributed by atoms with Crippen molar-refractivity contribution in [1.29, 1.82) is 0 Å². The van der Waals surface area contributed by atoms with E-state index in [1.807, 2.05) is 0 Å². The largest absolute Gasteiger partial charge is 0.494 e. The lowest BCUT2D eigenvalue weighted by Crippen LogP contribution is -2.48. The first-order valence-corrected chi connectivity index (χ1v) is 12.7. The van der Waals surface area contributed by atoms with E-state index in [1.165, 1.54) is 38.5 Å². The number of likely N-dealkylation sites (tertiary alicyclic amines) is 1. The molecule has 0 atom stereocenters. The van der Waals surface area contributed by atoms with Crippen molar-refractivity contribution in [2.45, 2.75) is 25.6 Å². The van der Waals surface area contributed by atoms with Gasteiger partial charge >= 0.3 is 0 Å². The van der Waals surface area contributed by atoms with Crippen LogP contribution < -0.4 is 15.4 Å². The number of piperidine rings is 1. The summed E-state index contributed by atoms with van der Waals surface area (Å²) >= 11 is 5.79. The van der Waals surface area contributed by atoms with Gasteiger partial charge in [0.25, 0.3) is 0 Å². The lowest BCUT2D eigenvalue weighted by molar-refractivity contribution is -0.188. The predicted molar refractivity (Wildman–Crippen MR) is 146 cm³/mol. The van der Waals surface area contributed by atoms with Crippen LogP contribution in [-0.4, -0.2) is 67.0 Å². The zero-order valence-corrected chi connectivity index (χ0v) is 22.1. The van der Waals surface area contributed by atoms with E-state index in [9.17, 15) is 9.18 Å². The van der Waals surface area contributed by atoms with E-state index in [4.69, 9.17) is 25.8 Å². The minimum atomic E-state index is -0.503. The first-order chi connectivity index (χ1) is 18.5. The van der Waals surface area contributed by atoms with Crippen LogP contribution in [0.3, 0.4) is 0 Å². The molecular formula is C27H31ClFN5O4. The monoisotopic (exact) mass is 543 g/mol. The molecule has 11 heteroatoms. The number of ether oxygens (including phenoxy) is 3. The maximum atomic E-state index is 13.3. The molecule has 0 aliphatic carbocycles. The van der Waals surface area contributed by atoms with Gasteiger partial charge in [-0.15, -0.1) is 0 Å². The molecule has 9 nitrogen and oxygen atoms in total. The average molecular weight is 544 g/mol. The Morgan fingerprint density at radius 1 is 1.24 bits per heavy atom. The van der Waals surface area contributed by atoms with Gasteiger partial charge in [0.2, 0.25) is 6.41 Å². The van der Waals surface area contributed by atoms with E-state index in [0.717, 1.165) is 32.7 Å². The van der Waals surface area contributed by atoms with Gasteiger partial charge in [-0.3, -0.25) is 9.69 Å². The molecule has 0 unspecified atom stereocenters. The van der Waals surface area contributed by atoms with Gasteiger partial charge in [-0.25, -0.2) is 14.4 Å². The Kier molecular flexibility index (Phi) is 9.46. The van der Waals surface area contributed by atoms with Crippen LogP contribution in [0, 0.1) is 5.82 Å². The van der Waals surface area contributed by atoms with Gasteiger partial charge in [-0.1, -0.05) is 23.8 Å². The van der Waals surface area contributed by atoms with Crippen LogP contribution in [0.25, 0.3) is 10.9 Å². The Labute approximate surface area is 225 Å². The van der Waals surface area contributed by atoms with Gasteiger partial charge in [0.1, 0.15) is 23.7 Å². The molecule has 2 aliphatic rings. The summed E-state index contributed by atoms with van der Waals surface area (Å²) in [6.07, 6.45) is 8.46. The smallest absolute Gasteiger partial charge is 0.211 e. The van der Waals surface area contributed by atoms with Crippen LogP contribution in [-0.2, 0) is 14.3 Å². The molecule has 2 aromatic carbocycles. The van der Waals surface area contributed by atoms with Crippen LogP contribution in [0.5, 0.6) is 5.75 Å². The van der Waals surface area contributed by atoms with E-state index in [1.54, 1.807) is 18.2 Å². The molecule has 1 amide bonds. The van der Waals surface area contributed by atoms with E-state index >= 15 is 0 Å². The van der Waals surface area contributed by atoms with Gasteiger partial charge in [-0.05, 0) is 44.2 Å². The minimum Gasteiger partial charge on any atom is -0.494 e. The fourth-order valence-corrected chi connectivity index (χ4v) is 4.63. The first-order valence-electron chi connectivity index (χ1n) is 12.3. The number of methoxy groups -OCH3 is 1. The molecule has 2 saturated heterocycles. The number of hydrogen-bond donors (Lipinski definition) is 2. The van der Waals surface area contributed by atoms with E-state index in [2.05, 4.69) is 44.6 Å². The summed E-state index contributed by atoms with van der Waals surface area (Å²) in [6, 6.07) is 7.64. The molecule has 0 saturated carbocycles. The number of allylic oxidation sites excluding steroid dienone is 1. The fourth-order valence-electron chi connectivity index (χ4n) is 4.45. The summed E-state index contributed by atoms with van der Waals surface area (Å²) in [5.74, 6) is 0.195. The molecule has 202 valence electrons. The van der Waals surface area contributed by atoms with Crippen molar-refractivity contribution in [2.24, 2.45) is 0 Å². The third-order valence-corrected chi connectivity index (χ3v) is 6.55. The second-order valence-corrected chi connectivity index (χ2v) is 9.23. The Bertz CT molecular complexity index is 1290. The zero-order chi connectivity index (χ0) is 27.0. The molecule has 1 aromatic heterocycles. The molecule has 2 fully saturated rings. The second-order valence-electron chi connectivity index (χ2n) is 8.82. The van der Waals surface area contributed by atoms with Crippen molar-refractivity contribution >= 4 is 46.1 Å². The number of amides is 1. The van der Waals surface area contributed by atoms with Gasteiger partial charge in [0.15, 0.2) is 5.79 Å². The summed E-state index contributed by atoms with van der Waals surface area (Å²) in [6.45, 7) is 6.69. The van der Waals surface area contributed by atoms with Gasteiger partial charge in [0.05, 0.1) is 43.1 Å². The molecule has 0 bridgehead atoms. The predicted octanol–water partition coefficient (Wildman–Crippen LogP) is 5.14. The van der Waals surface area contributed by atoms with Crippen molar-refractivity contribution in [2.75, 3.05) is 50.6 Å². The highest BCUT2D eigenvalue weighted by atomic mass is 35.5. The Balaban J connectivity index is 0.000000204. The zero-order valence-electron chi connectivity index (χ0n) is 21.4. The third-order valence-electron chi connectivity index (χ3n) is 6.26. The van der Waals surface area contributed by atoms with Crippen molar-refractivity contribution in [3.63, 3.8) is 0 Å². The number of benzene rings is 2. The van der Waals surface area contributed by atoms with Crippen LogP contribution in [0.2, 0.25) is 5.02 Å². The Morgan fingerprint density at radius 3 is 2.76 bits per heavy atom. The lowest BCUT2D eigenvalue weighted by atomic mass is 10.0. The van der Waals surface area contributed by atoms with Crippen LogP contribution >= 0.6 is 11.6 Å². The second kappa shape index (κ2) is 13.0. The highest BCUT2D eigenvalue weighted by Crippen LogP contribution is 2.33. The Hall–Kier alpha value is -3.31. The summed E-state index contributed by atoms with van der Waals surface area (Å²) < 4.78 is 29.9. The third kappa shape index (κ3) is 6.76. The number of fused-ring (bicyclic) bond motifs is 1. The molecule has 3 heterocycles. The molecule has 0 radical (unpaired) electrons. The molecule has 5 rings (SSSR count). The lowest BCUT2D eigenvalue weighted by Gasteiger charge is -2.38.